The highest BCUT2D eigenvalue weighted by Crippen LogP contribution is 2.14. The zero-order chi connectivity index (χ0) is 9.14. The molecule has 1 rings (SSSR count). The van der Waals surface area contributed by atoms with E-state index in [1.165, 1.54) is 0 Å². The zero-order valence-corrected chi connectivity index (χ0v) is 8.47. The molecule has 4 heteroatoms. The minimum Gasteiger partial charge on any atom is -0.347 e. The Balaban J connectivity index is 2.46. The van der Waals surface area contributed by atoms with Crippen LogP contribution in [-0.4, -0.2) is 42.7 Å². The van der Waals surface area contributed by atoms with Gasteiger partial charge in [0.15, 0.2) is 0 Å². The topological polar surface area (TPSA) is 32.3 Å². The van der Waals surface area contributed by atoms with Crippen LogP contribution in [0.5, 0.6) is 0 Å². The maximum absolute atomic E-state index is 11.5. The van der Waals surface area contributed by atoms with Gasteiger partial charge in [0.25, 0.3) is 0 Å². The third-order valence-corrected chi connectivity index (χ3v) is 2.58. The Kier molecular flexibility index (Phi) is 3.40. The summed E-state index contributed by atoms with van der Waals surface area (Å²) >= 11 is 4.37. The molecule has 70 valence electrons. The van der Waals surface area contributed by atoms with Crippen LogP contribution in [-0.2, 0) is 4.79 Å². The van der Waals surface area contributed by atoms with Crippen LogP contribution in [0, 0.1) is 0 Å². The first kappa shape index (κ1) is 9.86. The highest BCUT2D eigenvalue weighted by Gasteiger charge is 2.25. The van der Waals surface area contributed by atoms with Gasteiger partial charge in [-0.2, -0.15) is 12.6 Å². The number of nitrogens with zero attached hydrogens (tertiary/aromatic N) is 1. The molecular formula is C8H16N2OS. The fourth-order valence-corrected chi connectivity index (χ4v) is 1.74. The quantitative estimate of drug-likeness (QED) is 0.573. The molecule has 1 amide bonds. The van der Waals surface area contributed by atoms with Crippen molar-refractivity contribution in [3.05, 3.63) is 0 Å². The van der Waals surface area contributed by atoms with Gasteiger partial charge in [0.05, 0.1) is 6.04 Å². The average Bonchev–Trinajstić information content (AvgIpc) is 2.03. The maximum Gasteiger partial charge on any atom is 0.239 e. The summed E-state index contributed by atoms with van der Waals surface area (Å²) in [7, 11) is 3.57. The third-order valence-electron chi connectivity index (χ3n) is 2.11. The fourth-order valence-electron chi connectivity index (χ4n) is 1.40. The second-order valence-electron chi connectivity index (χ2n) is 3.42. The van der Waals surface area contributed by atoms with Gasteiger partial charge < -0.3 is 10.2 Å². The number of carbonyl (C=O) groups is 1. The van der Waals surface area contributed by atoms with Crippen molar-refractivity contribution >= 4 is 18.5 Å². The van der Waals surface area contributed by atoms with Crippen LogP contribution >= 0.6 is 12.6 Å². The zero-order valence-electron chi connectivity index (χ0n) is 7.58. The predicted molar refractivity (Wildman–Crippen MR) is 52.5 cm³/mol. The van der Waals surface area contributed by atoms with E-state index in [-0.39, 0.29) is 11.9 Å². The van der Waals surface area contributed by atoms with Gasteiger partial charge in [-0.3, -0.25) is 4.79 Å². The molecule has 0 bridgehead atoms. The molecule has 0 aromatic heterocycles. The molecule has 3 nitrogen and oxygen atoms in total. The van der Waals surface area contributed by atoms with E-state index < -0.39 is 0 Å². The van der Waals surface area contributed by atoms with Crippen LogP contribution in [0.25, 0.3) is 0 Å². The van der Waals surface area contributed by atoms with Gasteiger partial charge in [-0.1, -0.05) is 0 Å². The van der Waals surface area contributed by atoms with E-state index in [1.54, 1.807) is 19.0 Å². The summed E-state index contributed by atoms with van der Waals surface area (Å²) < 4.78 is 0. The molecule has 0 aromatic rings. The van der Waals surface area contributed by atoms with Crippen LogP contribution in [0.3, 0.4) is 0 Å². The number of likely N-dealkylation sites (N-methyl/N-ethyl adjacent to an activating group) is 1. The number of rotatable bonds is 1. The number of hydrogen-bond acceptors (Lipinski definition) is 3. The standard InChI is InChI=1S/C8H16N2OS/c1-10(2)8(11)7-5-6(12)3-4-9-7/h6-7,9,12H,3-5H2,1-2H3/t6-,7?/m0/s1. The first-order chi connectivity index (χ1) is 5.61. The Morgan fingerprint density at radius 3 is 2.75 bits per heavy atom. The smallest absolute Gasteiger partial charge is 0.239 e. The minimum absolute atomic E-state index is 0.0174. The number of piperidine rings is 1. The van der Waals surface area contributed by atoms with Crippen molar-refractivity contribution in [3.8, 4) is 0 Å². The lowest BCUT2D eigenvalue weighted by Gasteiger charge is -2.28. The number of carbonyl (C=O) groups excluding carboxylic acids is 1. The summed E-state index contributed by atoms with van der Waals surface area (Å²) in [4.78, 5) is 13.1. The van der Waals surface area contributed by atoms with E-state index >= 15 is 0 Å². The van der Waals surface area contributed by atoms with Gasteiger partial charge in [0.2, 0.25) is 5.91 Å². The Hall–Kier alpha value is -0.220. The Morgan fingerprint density at radius 1 is 1.58 bits per heavy atom. The van der Waals surface area contributed by atoms with Crippen molar-refractivity contribution in [1.29, 1.82) is 0 Å². The fraction of sp³-hybridized carbons (Fsp3) is 0.875. The average molecular weight is 188 g/mol. The Morgan fingerprint density at radius 2 is 2.25 bits per heavy atom. The van der Waals surface area contributed by atoms with E-state index in [9.17, 15) is 4.79 Å². The molecule has 12 heavy (non-hydrogen) atoms. The number of nitrogens with one attached hydrogen (secondary N) is 1. The van der Waals surface area contributed by atoms with E-state index in [1.807, 2.05) is 0 Å². The lowest BCUT2D eigenvalue weighted by molar-refractivity contribution is -0.131. The molecule has 1 aliphatic heterocycles. The first-order valence-corrected chi connectivity index (χ1v) is 4.75. The van der Waals surface area contributed by atoms with Gasteiger partial charge >= 0.3 is 0 Å². The summed E-state index contributed by atoms with van der Waals surface area (Å²) in [5.74, 6) is 0.161. The summed E-state index contributed by atoms with van der Waals surface area (Å²) in [5.41, 5.74) is 0. The molecule has 1 heterocycles. The van der Waals surface area contributed by atoms with Gasteiger partial charge in [0, 0.05) is 19.3 Å². The van der Waals surface area contributed by atoms with Crippen LogP contribution in [0.2, 0.25) is 0 Å². The molecule has 0 aromatic carbocycles. The molecule has 1 N–H and O–H groups in total. The van der Waals surface area contributed by atoms with E-state index in [0.29, 0.717) is 5.25 Å². The SMILES string of the molecule is CN(C)C(=O)C1C[C@@H](S)CCN1. The van der Waals surface area contributed by atoms with E-state index in [4.69, 9.17) is 0 Å². The van der Waals surface area contributed by atoms with Gasteiger partial charge in [-0.25, -0.2) is 0 Å². The summed E-state index contributed by atoms with van der Waals surface area (Å²) in [6.45, 7) is 0.901. The van der Waals surface area contributed by atoms with E-state index in [0.717, 1.165) is 19.4 Å². The monoisotopic (exact) mass is 188 g/mol. The summed E-state index contributed by atoms with van der Waals surface area (Å²) in [6, 6.07) is -0.0174. The summed E-state index contributed by atoms with van der Waals surface area (Å²) in [6.07, 6.45) is 1.90. The van der Waals surface area contributed by atoms with Crippen molar-refractivity contribution < 1.29 is 4.79 Å². The molecule has 1 aliphatic rings. The largest absolute Gasteiger partial charge is 0.347 e. The molecule has 2 atom stereocenters. The minimum atomic E-state index is -0.0174. The number of thiol groups is 1. The van der Waals surface area contributed by atoms with Crippen LogP contribution in [0.15, 0.2) is 0 Å². The Labute approximate surface area is 78.9 Å². The molecule has 1 fully saturated rings. The predicted octanol–water partition coefficient (Wildman–Crippen LogP) is 0.125. The van der Waals surface area contributed by atoms with Crippen molar-refractivity contribution in [3.63, 3.8) is 0 Å². The number of amides is 1. The highest BCUT2D eigenvalue weighted by molar-refractivity contribution is 7.80. The molecule has 0 spiro atoms. The first-order valence-electron chi connectivity index (χ1n) is 4.24. The number of hydrogen-bond donors (Lipinski definition) is 2. The lowest BCUT2D eigenvalue weighted by Crippen LogP contribution is -2.48. The normalized spacial score (nSPS) is 29.9. The van der Waals surface area contributed by atoms with Crippen LogP contribution in [0.1, 0.15) is 12.8 Å². The van der Waals surface area contributed by atoms with Crippen LogP contribution in [0.4, 0.5) is 0 Å². The molecule has 0 radical (unpaired) electrons. The van der Waals surface area contributed by atoms with Crippen molar-refractivity contribution in [2.75, 3.05) is 20.6 Å². The third kappa shape index (κ3) is 2.38. The second-order valence-corrected chi connectivity index (χ2v) is 4.15. The maximum atomic E-state index is 11.5. The Bertz CT molecular complexity index is 172. The van der Waals surface area contributed by atoms with E-state index in [2.05, 4.69) is 17.9 Å². The van der Waals surface area contributed by atoms with Crippen molar-refractivity contribution in [2.45, 2.75) is 24.1 Å². The second kappa shape index (κ2) is 4.14. The highest BCUT2D eigenvalue weighted by atomic mass is 32.1. The van der Waals surface area contributed by atoms with Crippen LogP contribution < -0.4 is 5.32 Å². The van der Waals surface area contributed by atoms with Gasteiger partial charge in [-0.05, 0) is 19.4 Å². The molecule has 0 aliphatic carbocycles. The lowest BCUT2D eigenvalue weighted by atomic mass is 10.0. The van der Waals surface area contributed by atoms with Gasteiger partial charge in [0.1, 0.15) is 0 Å². The molecule has 1 saturated heterocycles. The summed E-state index contributed by atoms with van der Waals surface area (Å²) in [5, 5.41) is 3.57. The van der Waals surface area contributed by atoms with Crippen molar-refractivity contribution in [2.24, 2.45) is 0 Å². The molecule has 1 unspecified atom stereocenters. The van der Waals surface area contributed by atoms with Gasteiger partial charge in [-0.15, -0.1) is 0 Å². The molecule has 0 saturated carbocycles. The van der Waals surface area contributed by atoms with Crippen molar-refractivity contribution in [1.82, 2.24) is 10.2 Å². The molecular weight excluding hydrogens is 172 g/mol.